The number of ether oxygens (including phenoxy) is 1. The Bertz CT molecular complexity index is 622. The van der Waals surface area contributed by atoms with E-state index in [1.165, 1.54) is 22.3 Å². The Labute approximate surface area is 130 Å². The monoisotopic (exact) mass is 380 g/mol. The molecule has 0 saturated carbocycles. The second-order valence-electron chi connectivity index (χ2n) is 4.80. The van der Waals surface area contributed by atoms with Gasteiger partial charge in [0, 0.05) is 16.5 Å². The van der Waals surface area contributed by atoms with E-state index in [9.17, 15) is 0 Å². The average Bonchev–Trinajstić information content (AvgIpc) is 2.85. The molecule has 0 N–H and O–H groups in total. The van der Waals surface area contributed by atoms with Crippen LogP contribution in [-0.2, 0) is 6.42 Å². The molecule has 0 amide bonds. The highest BCUT2D eigenvalue weighted by atomic mass is 79.9. The number of hydrogen-bond acceptors (Lipinski definition) is 1. The van der Waals surface area contributed by atoms with E-state index in [1.54, 1.807) is 0 Å². The molecule has 1 aliphatic heterocycles. The Balaban J connectivity index is 2.10. The van der Waals surface area contributed by atoms with Crippen molar-refractivity contribution in [2.45, 2.75) is 18.2 Å². The van der Waals surface area contributed by atoms with E-state index < -0.39 is 0 Å². The highest BCUT2D eigenvalue weighted by Gasteiger charge is 2.23. The molecule has 0 spiro atoms. The van der Waals surface area contributed by atoms with Crippen LogP contribution in [0, 0.1) is 6.92 Å². The summed E-state index contributed by atoms with van der Waals surface area (Å²) in [6.45, 7) is 2.93. The first-order valence-electron chi connectivity index (χ1n) is 6.31. The molecule has 1 unspecified atom stereocenters. The van der Waals surface area contributed by atoms with E-state index in [-0.39, 0.29) is 4.83 Å². The fourth-order valence-corrected chi connectivity index (χ4v) is 3.90. The molecule has 0 aliphatic carbocycles. The second-order valence-corrected chi connectivity index (χ2v) is 6.63. The molecule has 1 aliphatic rings. The molecule has 1 atom stereocenters. The third-order valence-corrected chi connectivity index (χ3v) is 4.96. The van der Waals surface area contributed by atoms with Crippen LogP contribution in [0.3, 0.4) is 0 Å². The van der Waals surface area contributed by atoms with Crippen LogP contribution in [0.25, 0.3) is 0 Å². The van der Waals surface area contributed by atoms with Crippen molar-refractivity contribution >= 4 is 31.9 Å². The van der Waals surface area contributed by atoms with E-state index in [4.69, 9.17) is 4.74 Å². The van der Waals surface area contributed by atoms with Crippen molar-refractivity contribution in [3.05, 3.63) is 63.1 Å². The summed E-state index contributed by atoms with van der Waals surface area (Å²) in [5.41, 5.74) is 5.08. The summed E-state index contributed by atoms with van der Waals surface area (Å²) >= 11 is 7.43. The number of alkyl halides is 1. The van der Waals surface area contributed by atoms with Gasteiger partial charge in [-0.25, -0.2) is 0 Å². The van der Waals surface area contributed by atoms with Crippen molar-refractivity contribution < 1.29 is 4.74 Å². The molecule has 0 aromatic heterocycles. The maximum absolute atomic E-state index is 5.82. The Hall–Kier alpha value is -0.800. The van der Waals surface area contributed by atoms with Gasteiger partial charge >= 0.3 is 0 Å². The van der Waals surface area contributed by atoms with Crippen LogP contribution < -0.4 is 4.74 Å². The molecule has 3 rings (SSSR count). The lowest BCUT2D eigenvalue weighted by atomic mass is 9.98. The van der Waals surface area contributed by atoms with Gasteiger partial charge in [-0.3, -0.25) is 0 Å². The van der Waals surface area contributed by atoms with E-state index in [2.05, 4.69) is 75.2 Å². The summed E-state index contributed by atoms with van der Waals surface area (Å²) in [6, 6.07) is 12.8. The van der Waals surface area contributed by atoms with Crippen LogP contribution in [0.1, 0.15) is 27.1 Å². The minimum absolute atomic E-state index is 0.165. The quantitative estimate of drug-likeness (QED) is 0.651. The van der Waals surface area contributed by atoms with Crippen molar-refractivity contribution in [3.63, 3.8) is 0 Å². The lowest BCUT2D eigenvalue weighted by Gasteiger charge is -2.17. The zero-order valence-corrected chi connectivity index (χ0v) is 13.8. The molecule has 2 aromatic rings. The Morgan fingerprint density at radius 3 is 2.74 bits per heavy atom. The van der Waals surface area contributed by atoms with Gasteiger partial charge in [0.2, 0.25) is 0 Å². The summed E-state index contributed by atoms with van der Waals surface area (Å²) < 4.78 is 6.93. The Morgan fingerprint density at radius 1 is 1.16 bits per heavy atom. The first-order valence-corrected chi connectivity index (χ1v) is 8.02. The number of rotatable bonds is 2. The molecule has 0 saturated heterocycles. The topological polar surface area (TPSA) is 9.23 Å². The highest BCUT2D eigenvalue weighted by Crippen LogP contribution is 2.43. The summed E-state index contributed by atoms with van der Waals surface area (Å²) in [6.07, 6.45) is 0.995. The normalized spacial score (nSPS) is 14.9. The molecule has 1 heterocycles. The predicted molar refractivity (Wildman–Crippen MR) is 85.3 cm³/mol. The Morgan fingerprint density at radius 2 is 1.95 bits per heavy atom. The molecule has 2 aromatic carbocycles. The molecular weight excluding hydrogens is 368 g/mol. The van der Waals surface area contributed by atoms with Crippen LogP contribution in [0.4, 0.5) is 0 Å². The van der Waals surface area contributed by atoms with Crippen LogP contribution in [0.5, 0.6) is 5.75 Å². The van der Waals surface area contributed by atoms with E-state index in [0.717, 1.165) is 23.2 Å². The third kappa shape index (κ3) is 2.46. The summed E-state index contributed by atoms with van der Waals surface area (Å²) in [5, 5.41) is 0. The van der Waals surface area contributed by atoms with Gasteiger partial charge in [0.05, 0.1) is 11.4 Å². The lowest BCUT2D eigenvalue weighted by molar-refractivity contribution is 0.354. The average molecular weight is 382 g/mol. The minimum atomic E-state index is 0.165. The molecule has 0 fully saturated rings. The minimum Gasteiger partial charge on any atom is -0.493 e. The number of aryl methyl sites for hydroxylation is 1. The molecule has 3 heteroatoms. The maximum atomic E-state index is 5.82. The molecular formula is C16H14Br2O. The summed E-state index contributed by atoms with van der Waals surface area (Å²) in [7, 11) is 0. The zero-order valence-electron chi connectivity index (χ0n) is 10.6. The van der Waals surface area contributed by atoms with Crippen molar-refractivity contribution in [1.29, 1.82) is 0 Å². The van der Waals surface area contributed by atoms with E-state index in [0.29, 0.717) is 0 Å². The van der Waals surface area contributed by atoms with Crippen LogP contribution in [0.15, 0.2) is 40.9 Å². The van der Waals surface area contributed by atoms with Crippen LogP contribution in [0.2, 0.25) is 0 Å². The van der Waals surface area contributed by atoms with Gasteiger partial charge in [-0.15, -0.1) is 0 Å². The maximum Gasteiger partial charge on any atom is 0.127 e. The molecule has 98 valence electrons. The summed E-state index contributed by atoms with van der Waals surface area (Å²) in [4.78, 5) is 0.165. The second kappa shape index (κ2) is 5.29. The SMILES string of the molecule is Cc1ccccc1C(Br)c1cc(Br)cc2c1OCC2. The number of benzene rings is 2. The zero-order chi connectivity index (χ0) is 13.4. The van der Waals surface area contributed by atoms with Gasteiger partial charge in [-0.1, -0.05) is 56.1 Å². The van der Waals surface area contributed by atoms with Gasteiger partial charge in [-0.05, 0) is 35.7 Å². The van der Waals surface area contributed by atoms with E-state index in [1.807, 2.05) is 0 Å². The number of fused-ring (bicyclic) bond motifs is 1. The van der Waals surface area contributed by atoms with Gasteiger partial charge < -0.3 is 4.74 Å². The first-order chi connectivity index (χ1) is 9.16. The van der Waals surface area contributed by atoms with Crippen molar-refractivity contribution in [2.75, 3.05) is 6.61 Å². The van der Waals surface area contributed by atoms with Crippen LogP contribution >= 0.6 is 31.9 Å². The van der Waals surface area contributed by atoms with Gasteiger partial charge in [-0.2, -0.15) is 0 Å². The smallest absolute Gasteiger partial charge is 0.127 e. The number of hydrogen-bond donors (Lipinski definition) is 0. The Kier molecular flexibility index (Phi) is 3.68. The highest BCUT2D eigenvalue weighted by molar-refractivity contribution is 9.10. The predicted octanol–water partition coefficient (Wildman–Crippen LogP) is 5.18. The van der Waals surface area contributed by atoms with Gasteiger partial charge in [0.15, 0.2) is 0 Å². The van der Waals surface area contributed by atoms with Crippen molar-refractivity contribution in [2.24, 2.45) is 0 Å². The molecule has 1 nitrogen and oxygen atoms in total. The van der Waals surface area contributed by atoms with Crippen molar-refractivity contribution in [1.82, 2.24) is 0 Å². The number of halogens is 2. The molecule has 19 heavy (non-hydrogen) atoms. The van der Waals surface area contributed by atoms with Crippen LogP contribution in [-0.4, -0.2) is 6.61 Å². The van der Waals surface area contributed by atoms with Crippen molar-refractivity contribution in [3.8, 4) is 5.75 Å². The molecule has 0 radical (unpaired) electrons. The third-order valence-electron chi connectivity index (χ3n) is 3.51. The largest absolute Gasteiger partial charge is 0.493 e. The lowest BCUT2D eigenvalue weighted by Crippen LogP contribution is -1.99. The fourth-order valence-electron chi connectivity index (χ4n) is 2.52. The van der Waals surface area contributed by atoms with E-state index >= 15 is 0 Å². The van der Waals surface area contributed by atoms with Gasteiger partial charge in [0.25, 0.3) is 0 Å². The first kappa shape index (κ1) is 13.2. The fraction of sp³-hybridized carbons (Fsp3) is 0.250. The standard InChI is InChI=1S/C16H14Br2O/c1-10-4-2-3-5-13(10)15(18)14-9-12(17)8-11-6-7-19-16(11)14/h2-5,8-9,15H,6-7H2,1H3. The summed E-state index contributed by atoms with van der Waals surface area (Å²) in [5.74, 6) is 1.05. The molecule has 0 bridgehead atoms. The van der Waals surface area contributed by atoms with Gasteiger partial charge in [0.1, 0.15) is 5.75 Å².